The average Bonchev–Trinajstić information content (AvgIpc) is 2.81. The van der Waals surface area contributed by atoms with Gasteiger partial charge in [-0.2, -0.15) is 0 Å². The molecule has 1 amide bonds. The van der Waals surface area contributed by atoms with Gasteiger partial charge >= 0.3 is 0 Å². The van der Waals surface area contributed by atoms with Crippen molar-refractivity contribution in [1.29, 1.82) is 0 Å². The van der Waals surface area contributed by atoms with Crippen LogP contribution in [0.5, 0.6) is 0 Å². The second-order valence-corrected chi connectivity index (χ2v) is 5.87. The van der Waals surface area contributed by atoms with Gasteiger partial charge in [-0.15, -0.1) is 0 Å². The maximum Gasteiger partial charge on any atom is 0.269 e. The Morgan fingerprint density at radius 1 is 1.19 bits per heavy atom. The molecule has 3 rings (SSSR count). The highest BCUT2D eigenvalue weighted by atomic mass is 32.1. The van der Waals surface area contributed by atoms with Crippen molar-refractivity contribution in [3.05, 3.63) is 35.9 Å². The molecule has 110 valence electrons. The lowest BCUT2D eigenvalue weighted by atomic mass is 9.81. The van der Waals surface area contributed by atoms with Gasteiger partial charge in [-0.25, -0.2) is 4.99 Å². The van der Waals surface area contributed by atoms with Gasteiger partial charge in [0.2, 0.25) is 0 Å². The highest BCUT2D eigenvalue weighted by molar-refractivity contribution is 7.80. The van der Waals surface area contributed by atoms with Crippen LogP contribution in [0.2, 0.25) is 0 Å². The molecule has 3 N–H and O–H groups in total. The van der Waals surface area contributed by atoms with Gasteiger partial charge in [-0.3, -0.25) is 15.6 Å². The van der Waals surface area contributed by atoms with Crippen molar-refractivity contribution in [3.8, 4) is 0 Å². The summed E-state index contributed by atoms with van der Waals surface area (Å²) in [6.45, 7) is 0. The van der Waals surface area contributed by atoms with Crippen LogP contribution >= 0.6 is 12.2 Å². The second-order valence-electron chi connectivity index (χ2n) is 5.48. The zero-order chi connectivity index (χ0) is 14.7. The Morgan fingerprint density at radius 2 is 1.90 bits per heavy atom. The van der Waals surface area contributed by atoms with Crippen LogP contribution in [0, 0.1) is 0 Å². The lowest BCUT2D eigenvalue weighted by molar-refractivity contribution is 0.0942. The summed E-state index contributed by atoms with van der Waals surface area (Å²) >= 11 is 5.17. The van der Waals surface area contributed by atoms with Gasteiger partial charge in [0.1, 0.15) is 5.84 Å². The molecule has 0 bridgehead atoms. The molecule has 2 aliphatic rings. The lowest BCUT2D eigenvalue weighted by Gasteiger charge is -2.34. The number of benzene rings is 1. The van der Waals surface area contributed by atoms with Crippen molar-refractivity contribution in [3.63, 3.8) is 0 Å². The molecule has 6 heteroatoms. The van der Waals surface area contributed by atoms with Crippen LogP contribution in [0.25, 0.3) is 0 Å². The first-order valence-corrected chi connectivity index (χ1v) is 7.63. The molecule has 5 nitrogen and oxygen atoms in total. The molecule has 0 atom stereocenters. The molecule has 1 fully saturated rings. The first-order chi connectivity index (χ1) is 10.2. The summed E-state index contributed by atoms with van der Waals surface area (Å²) in [6, 6.07) is 9.09. The van der Waals surface area contributed by atoms with Crippen LogP contribution in [0.1, 0.15) is 42.5 Å². The summed E-state index contributed by atoms with van der Waals surface area (Å²) in [7, 11) is 0. The van der Waals surface area contributed by atoms with Gasteiger partial charge in [0.25, 0.3) is 5.91 Å². The average molecular weight is 302 g/mol. The van der Waals surface area contributed by atoms with Crippen LogP contribution in [-0.4, -0.2) is 22.4 Å². The van der Waals surface area contributed by atoms with E-state index in [0.29, 0.717) is 10.7 Å². The van der Waals surface area contributed by atoms with Crippen LogP contribution < -0.4 is 16.2 Å². The number of nitrogens with zero attached hydrogens (tertiary/aromatic N) is 1. The fraction of sp³-hybridized carbons (Fsp3) is 0.400. The molecule has 1 aromatic carbocycles. The maximum absolute atomic E-state index is 12.1. The Balaban J connectivity index is 1.67. The summed E-state index contributed by atoms with van der Waals surface area (Å²) in [6.07, 6.45) is 5.49. The van der Waals surface area contributed by atoms with Gasteiger partial charge in [0.15, 0.2) is 5.11 Å². The van der Waals surface area contributed by atoms with Gasteiger partial charge in [-0.1, -0.05) is 37.5 Å². The Morgan fingerprint density at radius 3 is 2.62 bits per heavy atom. The van der Waals surface area contributed by atoms with E-state index in [1.54, 1.807) is 12.1 Å². The monoisotopic (exact) mass is 302 g/mol. The fourth-order valence-corrected chi connectivity index (χ4v) is 3.23. The number of amidine groups is 1. The van der Waals surface area contributed by atoms with E-state index < -0.39 is 0 Å². The Bertz CT molecular complexity index is 579. The number of rotatable bonds is 1. The summed E-state index contributed by atoms with van der Waals surface area (Å²) in [5.74, 6) is 0.554. The van der Waals surface area contributed by atoms with Crippen molar-refractivity contribution in [2.75, 3.05) is 0 Å². The van der Waals surface area contributed by atoms with E-state index in [0.717, 1.165) is 31.5 Å². The third kappa shape index (κ3) is 2.90. The van der Waals surface area contributed by atoms with Crippen molar-refractivity contribution in [1.82, 2.24) is 16.2 Å². The number of hydrogen-bond donors (Lipinski definition) is 3. The normalized spacial score (nSPS) is 19.8. The summed E-state index contributed by atoms with van der Waals surface area (Å²) < 4.78 is 0. The zero-order valence-corrected chi connectivity index (χ0v) is 12.5. The SMILES string of the molecule is O=C(NNC1=NC(=S)NC12CCCCC2)c1ccccc1. The fourth-order valence-electron chi connectivity index (χ4n) is 2.94. The zero-order valence-electron chi connectivity index (χ0n) is 11.7. The van der Waals surface area contributed by atoms with E-state index in [1.165, 1.54) is 6.42 Å². The first-order valence-electron chi connectivity index (χ1n) is 7.22. The van der Waals surface area contributed by atoms with E-state index in [4.69, 9.17) is 12.2 Å². The standard InChI is InChI=1S/C15H18N4OS/c20-12(11-7-3-1-4-8-11)18-19-13-15(17-14(21)16-13)9-5-2-6-10-15/h1,3-4,7-8H,2,5-6,9-10H2,(H,18,20)(H2,16,17,19,21). The van der Waals surface area contributed by atoms with E-state index in [2.05, 4.69) is 21.2 Å². The van der Waals surface area contributed by atoms with Crippen molar-refractivity contribution in [2.45, 2.75) is 37.6 Å². The third-order valence-electron chi connectivity index (χ3n) is 4.05. The predicted octanol–water partition coefficient (Wildman–Crippen LogP) is 1.91. The lowest BCUT2D eigenvalue weighted by Crippen LogP contribution is -2.57. The molecule has 0 radical (unpaired) electrons. The van der Waals surface area contributed by atoms with Crippen LogP contribution in [0.15, 0.2) is 35.3 Å². The van der Waals surface area contributed by atoms with Gasteiger partial charge in [-0.05, 0) is 37.2 Å². The van der Waals surface area contributed by atoms with Crippen molar-refractivity contribution >= 4 is 29.1 Å². The molecule has 21 heavy (non-hydrogen) atoms. The number of aliphatic imine (C=N–C) groups is 1. The molecule has 0 unspecified atom stereocenters. The quantitative estimate of drug-likeness (QED) is 0.548. The first kappa shape index (κ1) is 14.0. The number of thiocarbonyl (C=S) groups is 1. The summed E-state index contributed by atoms with van der Waals surface area (Å²) in [5.41, 5.74) is 6.07. The van der Waals surface area contributed by atoms with E-state index in [1.807, 2.05) is 18.2 Å². The minimum atomic E-state index is -0.223. The Labute approximate surface area is 129 Å². The number of hydrogen-bond acceptors (Lipinski definition) is 3. The predicted molar refractivity (Wildman–Crippen MR) is 86.0 cm³/mol. The van der Waals surface area contributed by atoms with E-state index in [-0.39, 0.29) is 11.4 Å². The highest BCUT2D eigenvalue weighted by Gasteiger charge is 2.42. The number of amides is 1. The Kier molecular flexibility index (Phi) is 3.88. The molecular weight excluding hydrogens is 284 g/mol. The van der Waals surface area contributed by atoms with E-state index >= 15 is 0 Å². The smallest absolute Gasteiger partial charge is 0.269 e. The van der Waals surface area contributed by atoms with E-state index in [9.17, 15) is 4.79 Å². The molecule has 1 aromatic rings. The highest BCUT2D eigenvalue weighted by Crippen LogP contribution is 2.31. The number of carbonyl (C=O) groups excluding carboxylic acids is 1. The van der Waals surface area contributed by atoms with Crippen LogP contribution in [0.3, 0.4) is 0 Å². The summed E-state index contributed by atoms with van der Waals surface area (Å²) in [5, 5.41) is 3.79. The third-order valence-corrected chi connectivity index (χ3v) is 4.24. The molecule has 1 aliphatic carbocycles. The molecule has 0 aromatic heterocycles. The topological polar surface area (TPSA) is 65.5 Å². The summed E-state index contributed by atoms with van der Waals surface area (Å²) in [4.78, 5) is 16.4. The largest absolute Gasteiger partial charge is 0.348 e. The molecule has 1 spiro atoms. The molecule has 1 aliphatic heterocycles. The number of carbonyl (C=O) groups is 1. The Hall–Kier alpha value is -1.95. The van der Waals surface area contributed by atoms with Gasteiger partial charge in [0, 0.05) is 5.56 Å². The number of nitrogens with one attached hydrogen (secondary N) is 3. The van der Waals surface area contributed by atoms with Crippen molar-refractivity contribution < 1.29 is 4.79 Å². The minimum absolute atomic E-state index is 0.179. The second kappa shape index (κ2) is 5.81. The van der Waals surface area contributed by atoms with Gasteiger partial charge in [0.05, 0.1) is 5.54 Å². The molecule has 1 heterocycles. The molecule has 0 saturated heterocycles. The maximum atomic E-state index is 12.1. The van der Waals surface area contributed by atoms with Crippen LogP contribution in [0.4, 0.5) is 0 Å². The minimum Gasteiger partial charge on any atom is -0.348 e. The number of hydrazine groups is 1. The molecular formula is C15H18N4OS. The van der Waals surface area contributed by atoms with Crippen LogP contribution in [-0.2, 0) is 0 Å². The molecule has 1 saturated carbocycles. The van der Waals surface area contributed by atoms with Gasteiger partial charge < -0.3 is 5.32 Å². The van der Waals surface area contributed by atoms with Crippen molar-refractivity contribution in [2.24, 2.45) is 4.99 Å².